The lowest BCUT2D eigenvalue weighted by Crippen LogP contribution is -3.15. The second kappa shape index (κ2) is 8.39. The molecule has 0 saturated carbocycles. The van der Waals surface area contributed by atoms with E-state index in [9.17, 15) is 13.2 Å². The molecule has 144 valence electrons. The largest absolute Gasteiger partial charge is 0.325 e. The lowest BCUT2D eigenvalue weighted by molar-refractivity contribution is -0.895. The van der Waals surface area contributed by atoms with Crippen LogP contribution in [0.5, 0.6) is 0 Å². The minimum Gasteiger partial charge on any atom is -0.325 e. The normalized spacial score (nSPS) is 16.2. The van der Waals surface area contributed by atoms with Gasteiger partial charge in [-0.05, 0) is 31.2 Å². The number of hydrogen-bond acceptors (Lipinski definition) is 3. The molecule has 1 saturated heterocycles. The van der Waals surface area contributed by atoms with Gasteiger partial charge in [-0.1, -0.05) is 41.4 Å². The summed E-state index contributed by atoms with van der Waals surface area (Å²) < 4.78 is 27.0. The van der Waals surface area contributed by atoms with E-state index >= 15 is 0 Å². The quantitative estimate of drug-likeness (QED) is 0.780. The summed E-state index contributed by atoms with van der Waals surface area (Å²) in [6.07, 6.45) is 0. The molecule has 6 nitrogen and oxygen atoms in total. The van der Waals surface area contributed by atoms with Gasteiger partial charge in [0.05, 0.1) is 41.8 Å². The number of benzene rings is 2. The Morgan fingerprint density at radius 3 is 2.37 bits per heavy atom. The van der Waals surface area contributed by atoms with E-state index in [1.54, 1.807) is 42.5 Å². The van der Waals surface area contributed by atoms with Crippen molar-refractivity contribution in [1.82, 2.24) is 4.31 Å². The Morgan fingerprint density at radius 1 is 1.11 bits per heavy atom. The molecule has 0 radical (unpaired) electrons. The molecule has 0 aliphatic carbocycles. The van der Waals surface area contributed by atoms with E-state index in [-0.39, 0.29) is 12.5 Å². The fourth-order valence-electron chi connectivity index (χ4n) is 3.06. The molecule has 0 bridgehead atoms. The molecular weight excluding hydrogens is 386 g/mol. The van der Waals surface area contributed by atoms with Crippen LogP contribution in [0.4, 0.5) is 5.69 Å². The summed E-state index contributed by atoms with van der Waals surface area (Å²) in [5.41, 5.74) is 1.61. The molecule has 27 heavy (non-hydrogen) atoms. The topological polar surface area (TPSA) is 70.9 Å². The molecule has 0 aromatic heterocycles. The number of hydrogen-bond donors (Lipinski definition) is 2. The van der Waals surface area contributed by atoms with E-state index < -0.39 is 10.0 Å². The zero-order valence-corrected chi connectivity index (χ0v) is 16.7. The first kappa shape index (κ1) is 19.8. The number of nitrogens with zero attached hydrogens (tertiary/aromatic N) is 1. The van der Waals surface area contributed by atoms with Gasteiger partial charge in [-0.25, -0.2) is 8.42 Å². The van der Waals surface area contributed by atoms with E-state index in [0.717, 1.165) is 10.5 Å². The first-order chi connectivity index (χ1) is 12.9. The molecule has 2 aromatic carbocycles. The molecule has 2 N–H and O–H groups in total. The maximum absolute atomic E-state index is 12.7. The molecule has 0 atom stereocenters. The smallest absolute Gasteiger partial charge is 0.279 e. The number of para-hydroxylation sites is 1. The van der Waals surface area contributed by atoms with Gasteiger partial charge in [-0.3, -0.25) is 4.79 Å². The highest BCUT2D eigenvalue weighted by Gasteiger charge is 2.31. The van der Waals surface area contributed by atoms with Crippen molar-refractivity contribution in [2.45, 2.75) is 11.8 Å². The van der Waals surface area contributed by atoms with Crippen molar-refractivity contribution in [3.05, 3.63) is 59.1 Å². The molecule has 1 aliphatic rings. The second-order valence-corrected chi connectivity index (χ2v) is 9.02. The van der Waals surface area contributed by atoms with Crippen LogP contribution >= 0.6 is 11.6 Å². The monoisotopic (exact) mass is 408 g/mol. The van der Waals surface area contributed by atoms with Crippen molar-refractivity contribution < 1.29 is 18.1 Å². The van der Waals surface area contributed by atoms with Crippen LogP contribution in [0.2, 0.25) is 5.02 Å². The van der Waals surface area contributed by atoms with Gasteiger partial charge < -0.3 is 10.2 Å². The minimum absolute atomic E-state index is 0.132. The lowest BCUT2D eigenvalue weighted by atomic mass is 10.2. The summed E-state index contributed by atoms with van der Waals surface area (Å²) in [7, 11) is -3.48. The predicted molar refractivity (Wildman–Crippen MR) is 106 cm³/mol. The molecule has 8 heteroatoms. The van der Waals surface area contributed by atoms with Gasteiger partial charge in [0, 0.05) is 0 Å². The molecule has 1 fully saturated rings. The SMILES string of the molecule is Cc1ccc(S(=O)(=O)N2CC[NH+](CC(=O)Nc3ccccc3Cl)CC2)cc1. The van der Waals surface area contributed by atoms with Crippen molar-refractivity contribution in [3.8, 4) is 0 Å². The highest BCUT2D eigenvalue weighted by Crippen LogP contribution is 2.20. The Balaban J connectivity index is 1.55. The lowest BCUT2D eigenvalue weighted by Gasteiger charge is -2.31. The fraction of sp³-hybridized carbons (Fsp3) is 0.316. The third-order valence-corrected chi connectivity index (χ3v) is 6.89. The van der Waals surface area contributed by atoms with E-state index in [1.165, 1.54) is 4.31 Å². The molecular formula is C19H23ClN3O3S+. The van der Waals surface area contributed by atoms with Gasteiger partial charge in [0.1, 0.15) is 0 Å². The molecule has 0 unspecified atom stereocenters. The number of aryl methyl sites for hydroxylation is 1. The molecule has 1 heterocycles. The van der Waals surface area contributed by atoms with Crippen LogP contribution in [0, 0.1) is 6.92 Å². The Hall–Kier alpha value is -1.93. The van der Waals surface area contributed by atoms with Crippen LogP contribution in [0.25, 0.3) is 0 Å². The Bertz CT molecular complexity index is 908. The summed E-state index contributed by atoms with van der Waals surface area (Å²) in [4.78, 5) is 13.6. The minimum atomic E-state index is -3.48. The highest BCUT2D eigenvalue weighted by molar-refractivity contribution is 7.89. The summed E-state index contributed by atoms with van der Waals surface area (Å²) >= 11 is 6.05. The van der Waals surface area contributed by atoms with Crippen molar-refractivity contribution >= 4 is 33.2 Å². The summed E-state index contributed by atoms with van der Waals surface area (Å²) in [6.45, 7) is 4.16. The molecule has 3 rings (SSSR count). The number of sulfonamides is 1. The van der Waals surface area contributed by atoms with Crippen molar-refractivity contribution in [3.63, 3.8) is 0 Å². The van der Waals surface area contributed by atoms with E-state index in [4.69, 9.17) is 11.6 Å². The Morgan fingerprint density at radius 2 is 1.74 bits per heavy atom. The van der Waals surface area contributed by atoms with Crippen molar-refractivity contribution in [2.75, 3.05) is 38.0 Å². The van der Waals surface area contributed by atoms with Gasteiger partial charge >= 0.3 is 0 Å². The molecule has 0 spiro atoms. The van der Waals surface area contributed by atoms with Crippen LogP contribution in [0.3, 0.4) is 0 Å². The van der Waals surface area contributed by atoms with Crippen molar-refractivity contribution in [2.24, 2.45) is 0 Å². The van der Waals surface area contributed by atoms with Crippen LogP contribution < -0.4 is 10.2 Å². The van der Waals surface area contributed by atoms with Crippen LogP contribution in [0.1, 0.15) is 5.56 Å². The maximum atomic E-state index is 12.7. The highest BCUT2D eigenvalue weighted by atomic mass is 35.5. The third-order valence-electron chi connectivity index (χ3n) is 4.65. The Labute approximate surface area is 164 Å². The van der Waals surface area contributed by atoms with Gasteiger partial charge in [0.25, 0.3) is 5.91 Å². The fourth-order valence-corrected chi connectivity index (χ4v) is 4.69. The van der Waals surface area contributed by atoms with Crippen LogP contribution in [0.15, 0.2) is 53.4 Å². The van der Waals surface area contributed by atoms with Gasteiger partial charge in [0.15, 0.2) is 6.54 Å². The van der Waals surface area contributed by atoms with Gasteiger partial charge in [0.2, 0.25) is 10.0 Å². The summed E-state index contributed by atoms with van der Waals surface area (Å²) in [6, 6.07) is 14.0. The summed E-state index contributed by atoms with van der Waals surface area (Å²) in [5.74, 6) is -0.132. The van der Waals surface area contributed by atoms with E-state index in [0.29, 0.717) is 41.8 Å². The number of rotatable bonds is 5. The predicted octanol–water partition coefficient (Wildman–Crippen LogP) is 1.18. The molecule has 2 aromatic rings. The average Bonchev–Trinajstić information content (AvgIpc) is 2.64. The van der Waals surface area contributed by atoms with Crippen LogP contribution in [-0.4, -0.2) is 51.4 Å². The number of carbonyl (C=O) groups excluding carboxylic acids is 1. The van der Waals surface area contributed by atoms with Crippen LogP contribution in [-0.2, 0) is 14.8 Å². The first-order valence-electron chi connectivity index (χ1n) is 8.81. The zero-order chi connectivity index (χ0) is 19.4. The van der Waals surface area contributed by atoms with E-state index in [2.05, 4.69) is 5.32 Å². The summed E-state index contributed by atoms with van der Waals surface area (Å²) in [5, 5.41) is 3.30. The number of carbonyl (C=O) groups is 1. The van der Waals surface area contributed by atoms with Crippen molar-refractivity contribution in [1.29, 1.82) is 0 Å². The van der Waals surface area contributed by atoms with Gasteiger partial charge in [-0.15, -0.1) is 0 Å². The molecule has 1 aliphatic heterocycles. The Kier molecular flexibility index (Phi) is 6.16. The maximum Gasteiger partial charge on any atom is 0.279 e. The number of nitrogens with one attached hydrogen (secondary N) is 2. The number of piperazine rings is 1. The third kappa shape index (κ3) is 4.87. The zero-order valence-electron chi connectivity index (χ0n) is 15.1. The number of anilines is 1. The number of quaternary nitrogens is 1. The second-order valence-electron chi connectivity index (χ2n) is 6.67. The average molecular weight is 409 g/mol. The standard InChI is InChI=1S/C19H22ClN3O3S/c1-15-6-8-16(9-7-15)27(25,26)23-12-10-22(11-13-23)14-19(24)21-18-5-3-2-4-17(18)20/h2-9H,10-14H2,1H3,(H,21,24)/p+1. The first-order valence-corrected chi connectivity index (χ1v) is 10.6. The van der Waals surface area contributed by atoms with Gasteiger partial charge in [-0.2, -0.15) is 4.31 Å². The number of halogens is 1. The molecule has 1 amide bonds. The number of amides is 1. The van der Waals surface area contributed by atoms with E-state index in [1.807, 2.05) is 13.0 Å².